The van der Waals surface area contributed by atoms with E-state index in [9.17, 15) is 5.11 Å². The number of aliphatic hydroxyl groups is 1. The van der Waals surface area contributed by atoms with Gasteiger partial charge in [0, 0.05) is 23.5 Å². The molecule has 1 aliphatic rings. The fourth-order valence-electron chi connectivity index (χ4n) is 3.08. The third-order valence-corrected chi connectivity index (χ3v) is 4.10. The summed E-state index contributed by atoms with van der Waals surface area (Å²) >= 11 is 0. The number of benzene rings is 1. The molecule has 1 atom stereocenters. The Morgan fingerprint density at radius 2 is 2.25 bits per heavy atom. The summed E-state index contributed by atoms with van der Waals surface area (Å²) in [5.41, 5.74) is 5.35. The van der Waals surface area contributed by atoms with Gasteiger partial charge < -0.3 is 9.67 Å². The quantitative estimate of drug-likeness (QED) is 0.908. The Bertz CT molecular complexity index is 679. The van der Waals surface area contributed by atoms with Crippen molar-refractivity contribution in [2.45, 2.75) is 38.8 Å². The van der Waals surface area contributed by atoms with E-state index in [-0.39, 0.29) is 6.10 Å². The van der Waals surface area contributed by atoms with Crippen LogP contribution in [0.3, 0.4) is 0 Å². The van der Waals surface area contributed by atoms with E-state index in [1.54, 1.807) is 0 Å². The number of hydrogen-bond acceptors (Lipinski definition) is 2. The summed E-state index contributed by atoms with van der Waals surface area (Å²) in [6.07, 6.45) is 2.61. The van der Waals surface area contributed by atoms with Crippen molar-refractivity contribution in [3.8, 4) is 6.07 Å². The smallest absolute Gasteiger partial charge is 0.0991 e. The van der Waals surface area contributed by atoms with Crippen LogP contribution in [0.25, 0.3) is 0 Å². The number of aliphatic hydroxyl groups excluding tert-OH is 1. The Morgan fingerprint density at radius 3 is 3.05 bits per heavy atom. The molecular formula is C17H18N2O. The van der Waals surface area contributed by atoms with E-state index >= 15 is 0 Å². The first kappa shape index (κ1) is 13.0. The van der Waals surface area contributed by atoms with Crippen molar-refractivity contribution >= 4 is 0 Å². The first-order chi connectivity index (χ1) is 9.69. The molecule has 1 heterocycles. The van der Waals surface area contributed by atoms with Gasteiger partial charge >= 0.3 is 0 Å². The summed E-state index contributed by atoms with van der Waals surface area (Å²) < 4.78 is 2.27. The number of nitriles is 1. The predicted octanol–water partition coefficient (Wildman–Crippen LogP) is 3.09. The molecule has 3 heteroatoms. The van der Waals surface area contributed by atoms with Crippen LogP contribution in [0.1, 0.15) is 47.0 Å². The Balaban J connectivity index is 1.97. The lowest BCUT2D eigenvalue weighted by molar-refractivity contribution is 0.156. The van der Waals surface area contributed by atoms with Crippen molar-refractivity contribution in [3.63, 3.8) is 0 Å². The van der Waals surface area contributed by atoms with E-state index in [0.29, 0.717) is 5.56 Å². The molecule has 3 nitrogen and oxygen atoms in total. The molecule has 3 rings (SSSR count). The number of fused-ring (bicyclic) bond motifs is 1. The fourth-order valence-corrected chi connectivity index (χ4v) is 3.08. The van der Waals surface area contributed by atoms with Crippen LogP contribution in [-0.2, 0) is 13.0 Å². The van der Waals surface area contributed by atoms with Gasteiger partial charge in [0.2, 0.25) is 0 Å². The van der Waals surface area contributed by atoms with Crippen molar-refractivity contribution in [3.05, 3.63) is 58.4 Å². The average Bonchev–Trinajstić information content (AvgIpc) is 2.78. The Labute approximate surface area is 119 Å². The zero-order chi connectivity index (χ0) is 14.1. The van der Waals surface area contributed by atoms with Crippen molar-refractivity contribution in [1.29, 1.82) is 5.26 Å². The molecule has 20 heavy (non-hydrogen) atoms. The molecule has 102 valence electrons. The molecule has 0 saturated heterocycles. The van der Waals surface area contributed by atoms with Gasteiger partial charge in [0.05, 0.1) is 17.7 Å². The van der Waals surface area contributed by atoms with E-state index < -0.39 is 0 Å². The second-order valence-electron chi connectivity index (χ2n) is 5.49. The predicted molar refractivity (Wildman–Crippen MR) is 77.3 cm³/mol. The third-order valence-electron chi connectivity index (χ3n) is 4.10. The standard InChI is InChI=1S/C17H18N2O/c1-12-8-15-16(6-3-7-17(15)20)19(12)11-14-5-2-4-13(9-14)10-18/h2,4-5,8-9,17,20H,3,6-7,11H2,1H3. The molecule has 1 N–H and O–H groups in total. The lowest BCUT2D eigenvalue weighted by Crippen LogP contribution is -2.13. The minimum absolute atomic E-state index is 0.316. The fraction of sp³-hybridized carbons (Fsp3) is 0.353. The number of aromatic nitrogens is 1. The minimum atomic E-state index is -0.316. The summed E-state index contributed by atoms with van der Waals surface area (Å²) in [4.78, 5) is 0. The summed E-state index contributed by atoms with van der Waals surface area (Å²) in [6.45, 7) is 2.85. The Hall–Kier alpha value is -2.05. The highest BCUT2D eigenvalue weighted by Gasteiger charge is 2.22. The van der Waals surface area contributed by atoms with Crippen LogP contribution in [0.2, 0.25) is 0 Å². The molecule has 0 radical (unpaired) electrons. The zero-order valence-electron chi connectivity index (χ0n) is 11.6. The molecule has 1 unspecified atom stereocenters. The maximum absolute atomic E-state index is 10.1. The SMILES string of the molecule is Cc1cc2c(n1Cc1cccc(C#N)c1)CCCC2O. The summed E-state index contributed by atoms with van der Waals surface area (Å²) in [5.74, 6) is 0. The van der Waals surface area contributed by atoms with Crippen LogP contribution in [-0.4, -0.2) is 9.67 Å². The van der Waals surface area contributed by atoms with Gasteiger partial charge in [-0.05, 0) is 49.9 Å². The highest BCUT2D eigenvalue weighted by Crippen LogP contribution is 2.32. The van der Waals surface area contributed by atoms with Crippen molar-refractivity contribution in [1.82, 2.24) is 4.57 Å². The molecule has 1 aromatic heterocycles. The normalized spacial score (nSPS) is 17.6. The highest BCUT2D eigenvalue weighted by molar-refractivity contribution is 5.36. The van der Waals surface area contributed by atoms with Gasteiger partial charge in [0.25, 0.3) is 0 Å². The van der Waals surface area contributed by atoms with Gasteiger partial charge in [0.15, 0.2) is 0 Å². The van der Waals surface area contributed by atoms with E-state index in [4.69, 9.17) is 5.26 Å². The Kier molecular flexibility index (Phi) is 3.33. The maximum Gasteiger partial charge on any atom is 0.0991 e. The van der Waals surface area contributed by atoms with E-state index in [2.05, 4.69) is 23.6 Å². The minimum Gasteiger partial charge on any atom is -0.388 e. The first-order valence-electron chi connectivity index (χ1n) is 7.05. The monoisotopic (exact) mass is 266 g/mol. The summed E-state index contributed by atoms with van der Waals surface area (Å²) in [6, 6.07) is 12.0. The molecule has 0 fully saturated rings. The molecule has 0 aliphatic heterocycles. The van der Waals surface area contributed by atoms with E-state index in [1.165, 1.54) is 11.4 Å². The largest absolute Gasteiger partial charge is 0.388 e. The van der Waals surface area contributed by atoms with Gasteiger partial charge in [-0.15, -0.1) is 0 Å². The highest BCUT2D eigenvalue weighted by atomic mass is 16.3. The van der Waals surface area contributed by atoms with Crippen molar-refractivity contribution in [2.75, 3.05) is 0 Å². The van der Waals surface area contributed by atoms with Crippen LogP contribution in [0.4, 0.5) is 0 Å². The van der Waals surface area contributed by atoms with Crippen LogP contribution in [0.5, 0.6) is 0 Å². The first-order valence-corrected chi connectivity index (χ1v) is 7.05. The Morgan fingerprint density at radius 1 is 1.40 bits per heavy atom. The average molecular weight is 266 g/mol. The number of hydrogen-bond donors (Lipinski definition) is 1. The molecule has 0 amide bonds. The number of rotatable bonds is 2. The lowest BCUT2D eigenvalue weighted by atomic mass is 9.95. The van der Waals surface area contributed by atoms with Crippen LogP contribution >= 0.6 is 0 Å². The second-order valence-corrected chi connectivity index (χ2v) is 5.49. The molecule has 0 saturated carbocycles. The maximum atomic E-state index is 10.1. The summed E-state index contributed by atoms with van der Waals surface area (Å²) in [7, 11) is 0. The van der Waals surface area contributed by atoms with Gasteiger partial charge in [-0.3, -0.25) is 0 Å². The molecule has 2 aromatic rings. The van der Waals surface area contributed by atoms with E-state index in [0.717, 1.165) is 36.9 Å². The summed E-state index contributed by atoms with van der Waals surface area (Å²) in [5, 5.41) is 19.1. The van der Waals surface area contributed by atoms with Gasteiger partial charge in [0.1, 0.15) is 0 Å². The van der Waals surface area contributed by atoms with Crippen LogP contribution in [0, 0.1) is 18.3 Å². The second kappa shape index (κ2) is 5.15. The van der Waals surface area contributed by atoms with Gasteiger partial charge in [-0.25, -0.2) is 0 Å². The van der Waals surface area contributed by atoms with Crippen molar-refractivity contribution in [2.24, 2.45) is 0 Å². The van der Waals surface area contributed by atoms with Gasteiger partial charge in [-0.2, -0.15) is 5.26 Å². The van der Waals surface area contributed by atoms with Crippen molar-refractivity contribution < 1.29 is 5.11 Å². The number of aryl methyl sites for hydroxylation is 1. The molecule has 1 aliphatic carbocycles. The zero-order valence-corrected chi connectivity index (χ0v) is 11.6. The lowest BCUT2D eigenvalue weighted by Gasteiger charge is -2.20. The van der Waals surface area contributed by atoms with Crippen LogP contribution < -0.4 is 0 Å². The van der Waals surface area contributed by atoms with Crippen LogP contribution in [0.15, 0.2) is 30.3 Å². The topological polar surface area (TPSA) is 49.0 Å². The molecule has 0 bridgehead atoms. The molecular weight excluding hydrogens is 248 g/mol. The third kappa shape index (κ3) is 2.23. The van der Waals surface area contributed by atoms with Gasteiger partial charge in [-0.1, -0.05) is 12.1 Å². The molecule has 0 spiro atoms. The number of nitrogens with zero attached hydrogens (tertiary/aromatic N) is 2. The molecule has 1 aromatic carbocycles. The van der Waals surface area contributed by atoms with E-state index in [1.807, 2.05) is 24.3 Å².